The zero-order valence-corrected chi connectivity index (χ0v) is 12.0. The van der Waals surface area contributed by atoms with Crippen molar-refractivity contribution >= 4 is 11.8 Å². The summed E-state index contributed by atoms with van der Waals surface area (Å²) in [6.07, 6.45) is 0. The van der Waals surface area contributed by atoms with Crippen LogP contribution in [-0.4, -0.2) is 33.1 Å². The molecule has 1 saturated heterocycles. The molecule has 1 fully saturated rings. The molecule has 5 heteroatoms. The van der Waals surface area contributed by atoms with Crippen molar-refractivity contribution in [1.82, 2.24) is 5.32 Å². The molecule has 1 aromatic carbocycles. The van der Waals surface area contributed by atoms with Gasteiger partial charge >= 0.3 is 0 Å². The maximum atomic E-state index is 5.50. The van der Waals surface area contributed by atoms with Gasteiger partial charge in [0.2, 0.25) is 5.75 Å². The molecule has 0 radical (unpaired) electrons. The molecule has 1 N–H and O–H groups in total. The van der Waals surface area contributed by atoms with Gasteiger partial charge in [-0.1, -0.05) is 6.92 Å². The van der Waals surface area contributed by atoms with Gasteiger partial charge in [-0.2, -0.15) is 0 Å². The van der Waals surface area contributed by atoms with Gasteiger partial charge in [0.15, 0.2) is 11.5 Å². The molecule has 0 aliphatic carbocycles. The average molecular weight is 269 g/mol. The van der Waals surface area contributed by atoms with E-state index in [1.165, 1.54) is 0 Å². The number of hydrogen-bond acceptors (Lipinski definition) is 5. The van der Waals surface area contributed by atoms with Crippen molar-refractivity contribution in [3.05, 3.63) is 17.7 Å². The number of methoxy groups -OCH3 is 3. The zero-order valence-electron chi connectivity index (χ0n) is 11.1. The standard InChI is InChI=1S/C13H19NO3S/c1-8-7-14-13(18-8)9-5-6-10(15-2)12(17-4)11(9)16-3/h5-6,8,13-14H,7H2,1-4H3. The van der Waals surface area contributed by atoms with Gasteiger partial charge in [0.25, 0.3) is 0 Å². The fourth-order valence-corrected chi connectivity index (χ4v) is 3.30. The highest BCUT2D eigenvalue weighted by molar-refractivity contribution is 8.00. The molecular weight excluding hydrogens is 250 g/mol. The van der Waals surface area contributed by atoms with Crippen LogP contribution in [0.4, 0.5) is 0 Å². The summed E-state index contributed by atoms with van der Waals surface area (Å²) in [5.41, 5.74) is 1.10. The topological polar surface area (TPSA) is 39.7 Å². The number of benzene rings is 1. The molecule has 2 unspecified atom stereocenters. The summed E-state index contributed by atoms with van der Waals surface area (Å²) in [5, 5.41) is 4.32. The van der Waals surface area contributed by atoms with E-state index in [4.69, 9.17) is 14.2 Å². The van der Waals surface area contributed by atoms with Crippen LogP contribution in [0.3, 0.4) is 0 Å². The van der Waals surface area contributed by atoms with Gasteiger partial charge in [0.05, 0.1) is 26.7 Å². The highest BCUT2D eigenvalue weighted by Gasteiger charge is 2.28. The number of nitrogens with one attached hydrogen (secondary N) is 1. The van der Waals surface area contributed by atoms with E-state index in [0.717, 1.165) is 17.9 Å². The second-order valence-corrected chi connectivity index (χ2v) is 5.71. The minimum Gasteiger partial charge on any atom is -0.493 e. The summed E-state index contributed by atoms with van der Waals surface area (Å²) in [6.45, 7) is 3.22. The third kappa shape index (κ3) is 2.37. The number of thioether (sulfide) groups is 1. The first kappa shape index (κ1) is 13.4. The Hall–Kier alpha value is -1.07. The summed E-state index contributed by atoms with van der Waals surface area (Å²) >= 11 is 1.89. The van der Waals surface area contributed by atoms with Crippen molar-refractivity contribution in [3.8, 4) is 17.2 Å². The largest absolute Gasteiger partial charge is 0.493 e. The predicted molar refractivity (Wildman–Crippen MR) is 73.9 cm³/mol. The van der Waals surface area contributed by atoms with Crippen molar-refractivity contribution in [2.24, 2.45) is 0 Å². The lowest BCUT2D eigenvalue weighted by atomic mass is 10.1. The van der Waals surface area contributed by atoms with Crippen molar-refractivity contribution in [1.29, 1.82) is 0 Å². The van der Waals surface area contributed by atoms with Crippen molar-refractivity contribution in [2.75, 3.05) is 27.9 Å². The lowest BCUT2D eigenvalue weighted by molar-refractivity contribution is 0.321. The van der Waals surface area contributed by atoms with Gasteiger partial charge in [-0.25, -0.2) is 0 Å². The van der Waals surface area contributed by atoms with Crippen molar-refractivity contribution in [3.63, 3.8) is 0 Å². The highest BCUT2D eigenvalue weighted by Crippen LogP contribution is 2.46. The molecule has 1 aliphatic rings. The molecule has 2 rings (SSSR count). The van der Waals surface area contributed by atoms with Gasteiger partial charge in [-0.3, -0.25) is 0 Å². The quantitative estimate of drug-likeness (QED) is 0.909. The van der Waals surface area contributed by atoms with Crippen LogP contribution in [0.15, 0.2) is 12.1 Å². The molecule has 1 aliphatic heterocycles. The SMILES string of the molecule is COc1ccc(C2NCC(C)S2)c(OC)c1OC. The summed E-state index contributed by atoms with van der Waals surface area (Å²) in [7, 11) is 4.91. The smallest absolute Gasteiger partial charge is 0.203 e. The molecule has 0 saturated carbocycles. The first-order valence-corrected chi connectivity index (χ1v) is 6.83. The third-order valence-corrected chi connectivity index (χ3v) is 4.30. The van der Waals surface area contributed by atoms with Gasteiger partial charge in [0.1, 0.15) is 0 Å². The van der Waals surface area contributed by atoms with Crippen LogP contribution in [0, 0.1) is 0 Å². The molecular formula is C13H19NO3S. The molecule has 2 atom stereocenters. The Morgan fingerprint density at radius 3 is 2.33 bits per heavy atom. The number of ether oxygens (including phenoxy) is 3. The molecule has 0 amide bonds. The highest BCUT2D eigenvalue weighted by atomic mass is 32.2. The minimum absolute atomic E-state index is 0.245. The van der Waals surface area contributed by atoms with Gasteiger partial charge in [-0.05, 0) is 12.1 Å². The molecule has 18 heavy (non-hydrogen) atoms. The summed E-state index contributed by atoms with van der Waals surface area (Å²) in [6, 6.07) is 3.95. The minimum atomic E-state index is 0.245. The van der Waals surface area contributed by atoms with Crippen LogP contribution in [0.5, 0.6) is 17.2 Å². The van der Waals surface area contributed by atoms with E-state index in [1.54, 1.807) is 21.3 Å². The molecule has 100 valence electrons. The van der Waals surface area contributed by atoms with Crippen molar-refractivity contribution < 1.29 is 14.2 Å². The lowest BCUT2D eigenvalue weighted by Crippen LogP contribution is -2.14. The monoisotopic (exact) mass is 269 g/mol. The maximum Gasteiger partial charge on any atom is 0.203 e. The molecule has 0 spiro atoms. The first-order chi connectivity index (χ1) is 8.71. The van der Waals surface area contributed by atoms with E-state index in [1.807, 2.05) is 23.9 Å². The fraction of sp³-hybridized carbons (Fsp3) is 0.538. The van der Waals surface area contributed by atoms with Crippen LogP contribution in [-0.2, 0) is 0 Å². The molecule has 1 heterocycles. The lowest BCUT2D eigenvalue weighted by Gasteiger charge is -2.19. The normalized spacial score (nSPS) is 22.9. The molecule has 1 aromatic rings. The Kier molecular flexibility index (Phi) is 4.24. The average Bonchev–Trinajstić information content (AvgIpc) is 2.83. The Labute approximate surface area is 112 Å². The molecule has 0 aromatic heterocycles. The van der Waals surface area contributed by atoms with E-state index < -0.39 is 0 Å². The van der Waals surface area contributed by atoms with Crippen molar-refractivity contribution in [2.45, 2.75) is 17.5 Å². The Morgan fingerprint density at radius 2 is 1.83 bits per heavy atom. The second-order valence-electron chi connectivity index (χ2n) is 4.16. The van der Waals surface area contributed by atoms with E-state index in [9.17, 15) is 0 Å². The van der Waals surface area contributed by atoms with Gasteiger partial charge in [0, 0.05) is 17.4 Å². The van der Waals surface area contributed by atoms with Crippen LogP contribution < -0.4 is 19.5 Å². The number of rotatable bonds is 4. The fourth-order valence-electron chi connectivity index (χ4n) is 2.12. The summed E-state index contributed by atoms with van der Waals surface area (Å²) < 4.78 is 16.2. The van der Waals surface area contributed by atoms with Crippen LogP contribution in [0.25, 0.3) is 0 Å². The number of hydrogen-bond donors (Lipinski definition) is 1. The van der Waals surface area contributed by atoms with E-state index in [2.05, 4.69) is 12.2 Å². The third-order valence-electron chi connectivity index (χ3n) is 2.98. The Balaban J connectivity index is 2.41. The second kappa shape index (κ2) is 5.71. The van der Waals surface area contributed by atoms with Crippen LogP contribution in [0.1, 0.15) is 17.9 Å². The van der Waals surface area contributed by atoms with E-state index in [-0.39, 0.29) is 5.37 Å². The maximum absolute atomic E-state index is 5.50. The summed E-state index contributed by atoms with van der Waals surface area (Å²) in [5.74, 6) is 2.09. The van der Waals surface area contributed by atoms with Crippen LogP contribution >= 0.6 is 11.8 Å². The zero-order chi connectivity index (χ0) is 13.1. The summed E-state index contributed by atoms with van der Waals surface area (Å²) in [4.78, 5) is 0. The predicted octanol–water partition coefficient (Wildman–Crippen LogP) is 2.44. The van der Waals surface area contributed by atoms with E-state index in [0.29, 0.717) is 16.7 Å². The molecule has 0 bridgehead atoms. The Morgan fingerprint density at radius 1 is 1.11 bits per heavy atom. The van der Waals surface area contributed by atoms with Crippen LogP contribution in [0.2, 0.25) is 0 Å². The van der Waals surface area contributed by atoms with Gasteiger partial charge < -0.3 is 19.5 Å². The molecule has 4 nitrogen and oxygen atoms in total. The van der Waals surface area contributed by atoms with Gasteiger partial charge in [-0.15, -0.1) is 11.8 Å². The van der Waals surface area contributed by atoms with E-state index >= 15 is 0 Å². The first-order valence-electron chi connectivity index (χ1n) is 5.89. The Bertz CT molecular complexity index is 425.